The minimum atomic E-state index is -1.25. The Balaban J connectivity index is 1.42. The Morgan fingerprint density at radius 2 is 1.39 bits per heavy atom. The van der Waals surface area contributed by atoms with E-state index in [1.807, 2.05) is 6.92 Å². The molecule has 3 nitrogen and oxygen atoms in total. The number of unbranched alkanes of at least 4 members (excludes halogenated alkanes) is 3. The summed E-state index contributed by atoms with van der Waals surface area (Å²) in [5, 5.41) is 0. The average Bonchev–Trinajstić information content (AvgIpc) is 2.92. The van der Waals surface area contributed by atoms with Crippen LogP contribution in [0.15, 0.2) is 78.9 Å². The minimum Gasteiger partial charge on any atom is -0.493 e. The fraction of sp³-hybridized carbons (Fsp3) is 0.219. The van der Waals surface area contributed by atoms with Gasteiger partial charge in [-0.3, -0.25) is 0 Å². The van der Waals surface area contributed by atoms with Crippen LogP contribution >= 0.6 is 0 Å². The van der Waals surface area contributed by atoms with E-state index in [4.69, 9.17) is 9.47 Å². The van der Waals surface area contributed by atoms with Gasteiger partial charge in [0.15, 0.2) is 11.6 Å². The molecule has 0 aliphatic carbocycles. The molecule has 0 aliphatic rings. The Kier molecular flexibility index (Phi) is 8.85. The molecule has 0 unspecified atom stereocenters. The summed E-state index contributed by atoms with van der Waals surface area (Å²) in [5.41, 5.74) is 2.59. The van der Waals surface area contributed by atoms with Gasteiger partial charge in [0, 0.05) is 17.2 Å². The maximum atomic E-state index is 14.7. The third kappa shape index (κ3) is 6.43. The number of benzene rings is 4. The predicted molar refractivity (Wildman–Crippen MR) is 143 cm³/mol. The van der Waals surface area contributed by atoms with Gasteiger partial charge in [0.25, 0.3) is 0 Å². The van der Waals surface area contributed by atoms with E-state index in [-0.39, 0.29) is 11.1 Å². The molecule has 0 amide bonds. The van der Waals surface area contributed by atoms with Gasteiger partial charge in [-0.15, -0.1) is 0 Å². The van der Waals surface area contributed by atoms with Gasteiger partial charge in [-0.1, -0.05) is 68.1 Å². The molecular weight excluding hydrogens is 489 g/mol. The molecular formula is C32H29F3O3. The van der Waals surface area contributed by atoms with Crippen molar-refractivity contribution in [3.05, 3.63) is 107 Å². The van der Waals surface area contributed by atoms with Crippen molar-refractivity contribution >= 4 is 5.97 Å². The Bertz CT molecular complexity index is 1400. The lowest BCUT2D eigenvalue weighted by Gasteiger charge is -2.11. The summed E-state index contributed by atoms with van der Waals surface area (Å²) >= 11 is 0. The number of aryl methyl sites for hydroxylation is 1. The van der Waals surface area contributed by atoms with E-state index in [2.05, 4.69) is 6.92 Å². The lowest BCUT2D eigenvalue weighted by molar-refractivity contribution is 0.0726. The van der Waals surface area contributed by atoms with Crippen LogP contribution in [0.4, 0.5) is 13.2 Å². The van der Waals surface area contributed by atoms with E-state index in [1.54, 1.807) is 48.5 Å². The fourth-order valence-electron chi connectivity index (χ4n) is 4.05. The number of halogens is 3. The number of ether oxygens (including phenoxy) is 2. The minimum absolute atomic E-state index is 0.0709. The largest absolute Gasteiger partial charge is 0.493 e. The molecule has 0 N–H and O–H groups in total. The van der Waals surface area contributed by atoms with Crippen LogP contribution < -0.4 is 9.47 Å². The normalized spacial score (nSPS) is 10.9. The van der Waals surface area contributed by atoms with Crippen molar-refractivity contribution in [2.75, 3.05) is 6.61 Å². The quantitative estimate of drug-likeness (QED) is 0.119. The van der Waals surface area contributed by atoms with Gasteiger partial charge < -0.3 is 9.47 Å². The first-order valence-electron chi connectivity index (χ1n) is 12.7. The van der Waals surface area contributed by atoms with Crippen LogP contribution in [0.1, 0.15) is 48.5 Å². The number of carbonyl (C=O) groups is 1. The van der Waals surface area contributed by atoms with Crippen LogP contribution in [0.25, 0.3) is 22.3 Å². The summed E-state index contributed by atoms with van der Waals surface area (Å²) in [6, 6.07) is 20.3. The van der Waals surface area contributed by atoms with Crippen LogP contribution in [0, 0.1) is 24.4 Å². The highest BCUT2D eigenvalue weighted by molar-refractivity contribution is 5.91. The Hall–Kier alpha value is -4.06. The first kappa shape index (κ1) is 27.0. The molecule has 0 bridgehead atoms. The first-order valence-corrected chi connectivity index (χ1v) is 12.7. The highest BCUT2D eigenvalue weighted by Crippen LogP contribution is 2.31. The molecule has 6 heteroatoms. The van der Waals surface area contributed by atoms with Crippen LogP contribution in [0.5, 0.6) is 11.5 Å². The zero-order valence-corrected chi connectivity index (χ0v) is 21.4. The van der Waals surface area contributed by atoms with Gasteiger partial charge in [0.2, 0.25) is 5.82 Å². The van der Waals surface area contributed by atoms with Gasteiger partial charge in [-0.25, -0.2) is 13.6 Å². The number of hydrogen-bond acceptors (Lipinski definition) is 3. The van der Waals surface area contributed by atoms with Crippen LogP contribution in [0.2, 0.25) is 0 Å². The third-order valence-corrected chi connectivity index (χ3v) is 6.25. The zero-order chi connectivity index (χ0) is 27.1. The Morgan fingerprint density at radius 3 is 2.08 bits per heavy atom. The monoisotopic (exact) mass is 518 g/mol. The van der Waals surface area contributed by atoms with Gasteiger partial charge in [-0.2, -0.15) is 4.39 Å². The lowest BCUT2D eigenvalue weighted by Crippen LogP contribution is -2.10. The van der Waals surface area contributed by atoms with Crippen molar-refractivity contribution in [2.45, 2.75) is 39.5 Å². The molecule has 0 atom stereocenters. The zero-order valence-electron chi connectivity index (χ0n) is 21.4. The molecule has 0 heterocycles. The summed E-state index contributed by atoms with van der Waals surface area (Å²) in [6.45, 7) is 4.57. The summed E-state index contributed by atoms with van der Waals surface area (Å²) in [6.07, 6.45) is 4.28. The van der Waals surface area contributed by atoms with Crippen molar-refractivity contribution in [3.63, 3.8) is 0 Å². The number of carbonyl (C=O) groups excluding carboxylic acids is 1. The maximum absolute atomic E-state index is 14.7. The SMILES string of the molecule is CCCCCCOc1ccc(-c2ccc(C(=O)Oc3ccc(-c4ccc(C)cc4)c(F)c3F)cc2)c(F)c1. The number of hydrogen-bond donors (Lipinski definition) is 0. The number of esters is 1. The highest BCUT2D eigenvalue weighted by Gasteiger charge is 2.19. The highest BCUT2D eigenvalue weighted by atomic mass is 19.2. The molecule has 0 saturated carbocycles. The Labute approximate surface area is 220 Å². The summed E-state index contributed by atoms with van der Waals surface area (Å²) in [7, 11) is 0. The molecule has 38 heavy (non-hydrogen) atoms. The second kappa shape index (κ2) is 12.5. The molecule has 4 aromatic rings. The molecule has 196 valence electrons. The van der Waals surface area contributed by atoms with Crippen molar-refractivity contribution in [1.82, 2.24) is 0 Å². The number of rotatable bonds is 10. The first-order chi connectivity index (χ1) is 18.4. The standard InChI is InChI=1S/C32H29F3O3/c1-3-4-5-6-19-37-25-15-16-26(28(33)20-25)22-11-13-24(14-12-22)32(36)38-29-18-17-27(30(34)31(29)35)23-9-7-21(2)8-10-23/h7-18,20H,3-6,19H2,1-2H3. The molecule has 0 aliphatic heterocycles. The van der Waals surface area contributed by atoms with E-state index in [0.717, 1.165) is 31.2 Å². The topological polar surface area (TPSA) is 35.5 Å². The summed E-state index contributed by atoms with van der Waals surface area (Å²) in [4.78, 5) is 12.6. The molecule has 0 aromatic heterocycles. The van der Waals surface area contributed by atoms with Crippen molar-refractivity contribution in [2.24, 2.45) is 0 Å². The van der Waals surface area contributed by atoms with Gasteiger partial charge >= 0.3 is 5.97 Å². The van der Waals surface area contributed by atoms with Crippen molar-refractivity contribution in [1.29, 1.82) is 0 Å². The fourth-order valence-corrected chi connectivity index (χ4v) is 4.05. The van der Waals surface area contributed by atoms with Crippen LogP contribution in [-0.2, 0) is 0 Å². The summed E-state index contributed by atoms with van der Waals surface area (Å²) in [5.74, 6) is -3.70. The molecule has 0 radical (unpaired) electrons. The van der Waals surface area contributed by atoms with Gasteiger partial charge in [-0.05, 0) is 60.9 Å². The molecule has 0 fully saturated rings. The van der Waals surface area contributed by atoms with Crippen molar-refractivity contribution in [3.8, 4) is 33.8 Å². The molecule has 0 spiro atoms. The average molecular weight is 519 g/mol. The molecule has 0 saturated heterocycles. The van der Waals surface area contributed by atoms with E-state index in [1.165, 1.54) is 30.3 Å². The smallest absolute Gasteiger partial charge is 0.343 e. The Morgan fingerprint density at radius 1 is 0.737 bits per heavy atom. The second-order valence-corrected chi connectivity index (χ2v) is 9.12. The second-order valence-electron chi connectivity index (χ2n) is 9.12. The van der Waals surface area contributed by atoms with E-state index in [0.29, 0.717) is 29.0 Å². The summed E-state index contributed by atoms with van der Waals surface area (Å²) < 4.78 is 54.9. The van der Waals surface area contributed by atoms with E-state index < -0.39 is 29.2 Å². The lowest BCUT2D eigenvalue weighted by atomic mass is 10.0. The molecule has 4 rings (SSSR count). The van der Waals surface area contributed by atoms with Crippen LogP contribution in [0.3, 0.4) is 0 Å². The third-order valence-electron chi connectivity index (χ3n) is 6.25. The molecule has 4 aromatic carbocycles. The van der Waals surface area contributed by atoms with E-state index in [9.17, 15) is 18.0 Å². The predicted octanol–water partition coefficient (Wildman–Crippen LogP) is 8.92. The van der Waals surface area contributed by atoms with Crippen LogP contribution in [-0.4, -0.2) is 12.6 Å². The van der Waals surface area contributed by atoms with E-state index >= 15 is 0 Å². The van der Waals surface area contributed by atoms with Gasteiger partial charge in [0.05, 0.1) is 12.2 Å². The van der Waals surface area contributed by atoms with Crippen molar-refractivity contribution < 1.29 is 27.4 Å². The maximum Gasteiger partial charge on any atom is 0.343 e. The van der Waals surface area contributed by atoms with Gasteiger partial charge in [0.1, 0.15) is 11.6 Å².